The topological polar surface area (TPSA) is 33.4 Å². The Bertz CT molecular complexity index is 300. The van der Waals surface area contributed by atoms with Crippen LogP contribution in [0.3, 0.4) is 0 Å². The van der Waals surface area contributed by atoms with Crippen molar-refractivity contribution in [2.75, 3.05) is 6.61 Å². The molecule has 2 rings (SSSR count). The molecule has 1 heterocycles. The molecule has 1 aliphatic carbocycles. The summed E-state index contributed by atoms with van der Waals surface area (Å²) in [4.78, 5) is 0. The molecule has 0 amide bonds. The average molecular weight is 180 g/mol. The maximum absolute atomic E-state index is 9.23. The van der Waals surface area contributed by atoms with Gasteiger partial charge in [0.15, 0.2) is 0 Å². The standard InChI is InChI=1S/C11H16O2/c1-10(2)8(7-12)11(10,3)9-5-4-6-13-9/h4-6,8,12H,7H2,1-3H3. The van der Waals surface area contributed by atoms with Gasteiger partial charge in [-0.25, -0.2) is 0 Å². The van der Waals surface area contributed by atoms with Crippen molar-refractivity contribution in [3.8, 4) is 0 Å². The predicted molar refractivity (Wildman–Crippen MR) is 50.4 cm³/mol. The van der Waals surface area contributed by atoms with E-state index in [0.29, 0.717) is 5.92 Å². The van der Waals surface area contributed by atoms with Crippen LogP contribution in [0.4, 0.5) is 0 Å². The molecular weight excluding hydrogens is 164 g/mol. The first-order valence-corrected chi connectivity index (χ1v) is 4.70. The normalized spacial score (nSPS) is 36.2. The number of rotatable bonds is 2. The highest BCUT2D eigenvalue weighted by molar-refractivity contribution is 5.32. The van der Waals surface area contributed by atoms with Crippen molar-refractivity contribution in [3.05, 3.63) is 24.2 Å². The Morgan fingerprint density at radius 2 is 2.15 bits per heavy atom. The summed E-state index contributed by atoms with van der Waals surface area (Å²) >= 11 is 0. The summed E-state index contributed by atoms with van der Waals surface area (Å²) in [6.07, 6.45) is 1.70. The zero-order valence-electron chi connectivity index (χ0n) is 8.37. The molecule has 2 nitrogen and oxygen atoms in total. The molecule has 0 aliphatic heterocycles. The van der Waals surface area contributed by atoms with Gasteiger partial charge in [-0.3, -0.25) is 0 Å². The van der Waals surface area contributed by atoms with Gasteiger partial charge in [0.1, 0.15) is 5.76 Å². The Balaban J connectivity index is 2.35. The van der Waals surface area contributed by atoms with E-state index in [1.807, 2.05) is 12.1 Å². The molecule has 2 atom stereocenters. The Labute approximate surface area is 78.6 Å². The summed E-state index contributed by atoms with van der Waals surface area (Å²) in [7, 11) is 0. The van der Waals surface area contributed by atoms with Gasteiger partial charge in [0, 0.05) is 17.9 Å². The van der Waals surface area contributed by atoms with Crippen molar-refractivity contribution in [2.45, 2.75) is 26.2 Å². The summed E-state index contributed by atoms with van der Waals surface area (Å²) in [6, 6.07) is 3.90. The molecule has 72 valence electrons. The smallest absolute Gasteiger partial charge is 0.110 e. The van der Waals surface area contributed by atoms with E-state index in [2.05, 4.69) is 20.8 Å². The van der Waals surface area contributed by atoms with Crippen LogP contribution < -0.4 is 0 Å². The molecule has 13 heavy (non-hydrogen) atoms. The van der Waals surface area contributed by atoms with Crippen molar-refractivity contribution < 1.29 is 9.52 Å². The van der Waals surface area contributed by atoms with Crippen LogP contribution in [0.1, 0.15) is 26.5 Å². The number of furan rings is 1. The molecule has 1 fully saturated rings. The maximum atomic E-state index is 9.23. The predicted octanol–water partition coefficient (Wildman–Crippen LogP) is 2.19. The lowest BCUT2D eigenvalue weighted by atomic mass is 9.95. The largest absolute Gasteiger partial charge is 0.469 e. The summed E-state index contributed by atoms with van der Waals surface area (Å²) in [5.41, 5.74) is 0.171. The first kappa shape index (κ1) is 8.82. The molecule has 2 heteroatoms. The zero-order chi connectivity index (χ0) is 9.69. The van der Waals surface area contributed by atoms with Gasteiger partial charge in [-0.2, -0.15) is 0 Å². The van der Waals surface area contributed by atoms with E-state index >= 15 is 0 Å². The Morgan fingerprint density at radius 1 is 1.46 bits per heavy atom. The van der Waals surface area contributed by atoms with Gasteiger partial charge in [-0.05, 0) is 17.5 Å². The minimum atomic E-state index is 0.0191. The third-order valence-electron chi connectivity index (χ3n) is 4.04. The lowest BCUT2D eigenvalue weighted by Gasteiger charge is -2.10. The fourth-order valence-corrected chi connectivity index (χ4v) is 2.58. The number of hydrogen-bond donors (Lipinski definition) is 1. The lowest BCUT2D eigenvalue weighted by molar-refractivity contribution is 0.252. The highest BCUT2D eigenvalue weighted by Gasteiger charge is 2.69. The quantitative estimate of drug-likeness (QED) is 0.756. The molecule has 0 bridgehead atoms. The minimum absolute atomic E-state index is 0.0191. The van der Waals surface area contributed by atoms with Gasteiger partial charge in [0.05, 0.1) is 6.26 Å². The lowest BCUT2D eigenvalue weighted by Crippen LogP contribution is -2.08. The molecule has 1 N–H and O–H groups in total. The van der Waals surface area contributed by atoms with E-state index in [9.17, 15) is 5.11 Å². The Kier molecular flexibility index (Phi) is 1.62. The second-order valence-corrected chi connectivity index (χ2v) is 4.64. The van der Waals surface area contributed by atoms with Crippen molar-refractivity contribution in [2.24, 2.45) is 11.3 Å². The van der Waals surface area contributed by atoms with Crippen LogP contribution in [0.5, 0.6) is 0 Å². The van der Waals surface area contributed by atoms with Crippen molar-refractivity contribution in [1.29, 1.82) is 0 Å². The van der Waals surface area contributed by atoms with Crippen LogP contribution in [-0.2, 0) is 5.41 Å². The Morgan fingerprint density at radius 3 is 2.54 bits per heavy atom. The molecule has 1 aliphatic rings. The van der Waals surface area contributed by atoms with Crippen LogP contribution in [0, 0.1) is 11.3 Å². The van der Waals surface area contributed by atoms with Gasteiger partial charge in [0.2, 0.25) is 0 Å². The number of aliphatic hydroxyl groups is 1. The molecular formula is C11H16O2. The second kappa shape index (κ2) is 2.38. The minimum Gasteiger partial charge on any atom is -0.469 e. The highest BCUT2D eigenvalue weighted by atomic mass is 16.3. The molecule has 0 aromatic carbocycles. The summed E-state index contributed by atoms with van der Waals surface area (Å²) in [6.45, 7) is 6.75. The van der Waals surface area contributed by atoms with E-state index in [4.69, 9.17) is 4.42 Å². The number of hydrogen-bond acceptors (Lipinski definition) is 2. The van der Waals surface area contributed by atoms with Gasteiger partial charge in [0.25, 0.3) is 0 Å². The van der Waals surface area contributed by atoms with Crippen LogP contribution in [0.2, 0.25) is 0 Å². The van der Waals surface area contributed by atoms with E-state index in [1.54, 1.807) is 6.26 Å². The SMILES string of the molecule is CC1(C)C(CO)C1(C)c1ccco1. The maximum Gasteiger partial charge on any atom is 0.110 e. The average Bonchev–Trinajstić information content (AvgIpc) is 2.52. The van der Waals surface area contributed by atoms with Crippen LogP contribution in [0.25, 0.3) is 0 Å². The molecule has 1 aromatic rings. The highest BCUT2D eigenvalue weighted by Crippen LogP contribution is 2.68. The van der Waals surface area contributed by atoms with E-state index < -0.39 is 0 Å². The summed E-state index contributed by atoms with van der Waals surface area (Å²) in [5, 5.41) is 9.23. The summed E-state index contributed by atoms with van der Waals surface area (Å²) < 4.78 is 5.42. The van der Waals surface area contributed by atoms with Crippen LogP contribution in [-0.4, -0.2) is 11.7 Å². The fourth-order valence-electron chi connectivity index (χ4n) is 2.58. The van der Waals surface area contributed by atoms with Gasteiger partial charge >= 0.3 is 0 Å². The molecule has 2 unspecified atom stereocenters. The Hall–Kier alpha value is -0.760. The third kappa shape index (κ3) is 0.869. The van der Waals surface area contributed by atoms with Crippen molar-refractivity contribution in [3.63, 3.8) is 0 Å². The molecule has 0 spiro atoms. The first-order chi connectivity index (χ1) is 6.05. The van der Waals surface area contributed by atoms with Crippen molar-refractivity contribution >= 4 is 0 Å². The second-order valence-electron chi connectivity index (χ2n) is 4.64. The van der Waals surface area contributed by atoms with E-state index in [-0.39, 0.29) is 17.4 Å². The fraction of sp³-hybridized carbons (Fsp3) is 0.636. The van der Waals surface area contributed by atoms with Gasteiger partial charge in [-0.15, -0.1) is 0 Å². The molecule has 1 saturated carbocycles. The van der Waals surface area contributed by atoms with E-state index in [1.165, 1.54) is 0 Å². The number of aliphatic hydroxyl groups excluding tert-OH is 1. The van der Waals surface area contributed by atoms with Crippen molar-refractivity contribution in [1.82, 2.24) is 0 Å². The third-order valence-corrected chi connectivity index (χ3v) is 4.04. The van der Waals surface area contributed by atoms with E-state index in [0.717, 1.165) is 5.76 Å². The van der Waals surface area contributed by atoms with Crippen LogP contribution >= 0.6 is 0 Å². The molecule has 1 aromatic heterocycles. The molecule has 0 radical (unpaired) electrons. The monoisotopic (exact) mass is 180 g/mol. The first-order valence-electron chi connectivity index (χ1n) is 4.70. The summed E-state index contributed by atoms with van der Waals surface area (Å²) in [5.74, 6) is 1.32. The zero-order valence-corrected chi connectivity index (χ0v) is 8.37. The molecule has 0 saturated heterocycles. The van der Waals surface area contributed by atoms with Gasteiger partial charge < -0.3 is 9.52 Å². The van der Waals surface area contributed by atoms with Gasteiger partial charge in [-0.1, -0.05) is 20.8 Å². The van der Waals surface area contributed by atoms with Crippen LogP contribution in [0.15, 0.2) is 22.8 Å².